The van der Waals surface area contributed by atoms with Gasteiger partial charge in [0, 0.05) is 16.9 Å². The fraction of sp³-hybridized carbons (Fsp3) is 0.100. The lowest BCUT2D eigenvalue weighted by Gasteiger charge is -2.18. The van der Waals surface area contributed by atoms with Crippen LogP contribution in [-0.2, 0) is 6.73 Å². The van der Waals surface area contributed by atoms with Gasteiger partial charge in [-0.25, -0.2) is 4.98 Å². The van der Waals surface area contributed by atoms with Gasteiger partial charge >= 0.3 is 0 Å². The summed E-state index contributed by atoms with van der Waals surface area (Å²) in [6, 6.07) is 5.95. The smallest absolute Gasteiger partial charge is 0.166 e. The van der Waals surface area contributed by atoms with Crippen LogP contribution in [0.25, 0.3) is 11.4 Å². The molecule has 0 radical (unpaired) electrons. The molecule has 1 aliphatic heterocycles. The van der Waals surface area contributed by atoms with Gasteiger partial charge in [-0.05, 0) is 18.2 Å². The van der Waals surface area contributed by atoms with Crippen molar-refractivity contribution in [1.82, 2.24) is 9.55 Å². The minimum atomic E-state index is 0.546. The van der Waals surface area contributed by atoms with E-state index in [0.29, 0.717) is 6.73 Å². The van der Waals surface area contributed by atoms with Gasteiger partial charge in [-0.1, -0.05) is 15.9 Å². The van der Waals surface area contributed by atoms with Crippen molar-refractivity contribution in [3.05, 3.63) is 35.1 Å². The second-order valence-corrected chi connectivity index (χ2v) is 4.05. The number of hydrogen-bond acceptors (Lipinski definition) is 2. The summed E-state index contributed by atoms with van der Waals surface area (Å²) >= 11 is 3.44. The third kappa shape index (κ3) is 1.07. The first-order valence-electron chi connectivity index (χ1n) is 4.28. The SMILES string of the molecule is Brc1ccc2c(c1)-c1nccn1CO2. The first-order valence-corrected chi connectivity index (χ1v) is 5.08. The predicted octanol–water partition coefficient (Wildman–Crippen LogP) is 2.66. The highest BCUT2D eigenvalue weighted by atomic mass is 79.9. The second kappa shape index (κ2) is 2.85. The summed E-state index contributed by atoms with van der Waals surface area (Å²) in [5.74, 6) is 1.86. The monoisotopic (exact) mass is 250 g/mol. The first-order chi connectivity index (χ1) is 6.84. The Hall–Kier alpha value is -1.29. The zero-order valence-electron chi connectivity index (χ0n) is 7.27. The van der Waals surface area contributed by atoms with Gasteiger partial charge in [0.1, 0.15) is 11.6 Å². The van der Waals surface area contributed by atoms with Crippen molar-refractivity contribution in [2.75, 3.05) is 0 Å². The van der Waals surface area contributed by atoms with E-state index in [-0.39, 0.29) is 0 Å². The van der Waals surface area contributed by atoms with E-state index < -0.39 is 0 Å². The molecule has 2 heterocycles. The Balaban J connectivity index is 2.28. The van der Waals surface area contributed by atoms with Gasteiger partial charge in [-0.2, -0.15) is 0 Å². The molecule has 0 unspecified atom stereocenters. The highest BCUT2D eigenvalue weighted by molar-refractivity contribution is 9.10. The fourth-order valence-electron chi connectivity index (χ4n) is 1.60. The molecule has 0 spiro atoms. The van der Waals surface area contributed by atoms with E-state index in [0.717, 1.165) is 21.6 Å². The molecule has 1 aromatic heterocycles. The Morgan fingerprint density at radius 2 is 2.36 bits per heavy atom. The Bertz CT molecular complexity index is 493. The highest BCUT2D eigenvalue weighted by Crippen LogP contribution is 2.34. The van der Waals surface area contributed by atoms with Crippen LogP contribution < -0.4 is 4.74 Å². The molecule has 0 aliphatic carbocycles. The van der Waals surface area contributed by atoms with E-state index in [1.54, 1.807) is 6.20 Å². The number of ether oxygens (including phenoxy) is 1. The van der Waals surface area contributed by atoms with Crippen LogP contribution in [0.5, 0.6) is 5.75 Å². The van der Waals surface area contributed by atoms with Crippen molar-refractivity contribution in [3.8, 4) is 17.1 Å². The minimum Gasteiger partial charge on any atom is -0.472 e. The van der Waals surface area contributed by atoms with Crippen molar-refractivity contribution >= 4 is 15.9 Å². The minimum absolute atomic E-state index is 0.546. The maximum atomic E-state index is 5.57. The van der Waals surface area contributed by atoms with E-state index in [2.05, 4.69) is 20.9 Å². The third-order valence-electron chi connectivity index (χ3n) is 2.26. The highest BCUT2D eigenvalue weighted by Gasteiger charge is 2.17. The third-order valence-corrected chi connectivity index (χ3v) is 2.75. The molecule has 0 saturated carbocycles. The number of imidazole rings is 1. The molecule has 14 heavy (non-hydrogen) atoms. The molecule has 2 aromatic rings. The van der Waals surface area contributed by atoms with E-state index in [4.69, 9.17) is 4.74 Å². The molecule has 1 aromatic carbocycles. The summed E-state index contributed by atoms with van der Waals surface area (Å²) in [4.78, 5) is 4.30. The lowest BCUT2D eigenvalue weighted by molar-refractivity contribution is 0.230. The van der Waals surface area contributed by atoms with E-state index >= 15 is 0 Å². The number of rotatable bonds is 0. The molecule has 3 nitrogen and oxygen atoms in total. The van der Waals surface area contributed by atoms with Crippen LogP contribution >= 0.6 is 15.9 Å². The molecule has 1 aliphatic rings. The Labute approximate surface area is 89.5 Å². The van der Waals surface area contributed by atoms with Gasteiger partial charge in [0.15, 0.2) is 6.73 Å². The summed E-state index contributed by atoms with van der Waals surface area (Å²) in [5.41, 5.74) is 1.04. The van der Waals surface area contributed by atoms with Crippen molar-refractivity contribution < 1.29 is 4.74 Å². The number of fused-ring (bicyclic) bond motifs is 3. The second-order valence-electron chi connectivity index (χ2n) is 3.13. The number of hydrogen-bond donors (Lipinski definition) is 0. The van der Waals surface area contributed by atoms with Crippen LogP contribution in [-0.4, -0.2) is 9.55 Å². The summed E-state index contributed by atoms with van der Waals surface area (Å²) in [7, 11) is 0. The van der Waals surface area contributed by atoms with Gasteiger partial charge in [-0.3, -0.25) is 4.57 Å². The van der Waals surface area contributed by atoms with Gasteiger partial charge in [0.05, 0.1) is 5.56 Å². The van der Waals surface area contributed by atoms with E-state index in [9.17, 15) is 0 Å². The fourth-order valence-corrected chi connectivity index (χ4v) is 1.96. The summed E-state index contributed by atoms with van der Waals surface area (Å²) in [5, 5.41) is 0. The predicted molar refractivity (Wildman–Crippen MR) is 56.0 cm³/mol. The molecule has 0 N–H and O–H groups in total. The largest absolute Gasteiger partial charge is 0.472 e. The van der Waals surface area contributed by atoms with Gasteiger partial charge in [-0.15, -0.1) is 0 Å². The average molecular weight is 251 g/mol. The van der Waals surface area contributed by atoms with E-state index in [1.807, 2.05) is 29.0 Å². The van der Waals surface area contributed by atoms with Crippen molar-refractivity contribution in [3.63, 3.8) is 0 Å². The Morgan fingerprint density at radius 1 is 1.43 bits per heavy atom. The lowest BCUT2D eigenvalue weighted by atomic mass is 10.2. The summed E-state index contributed by atoms with van der Waals surface area (Å²) in [6.45, 7) is 0.546. The Kier molecular flexibility index (Phi) is 1.64. The summed E-state index contributed by atoms with van der Waals surface area (Å²) in [6.07, 6.45) is 3.70. The number of halogens is 1. The molecule has 0 saturated heterocycles. The molecule has 70 valence electrons. The van der Waals surface area contributed by atoms with Crippen LogP contribution in [0, 0.1) is 0 Å². The molecule has 0 bridgehead atoms. The number of benzene rings is 1. The lowest BCUT2D eigenvalue weighted by Crippen LogP contribution is -2.11. The molecule has 0 amide bonds. The van der Waals surface area contributed by atoms with Gasteiger partial charge in [0.25, 0.3) is 0 Å². The summed E-state index contributed by atoms with van der Waals surface area (Å²) < 4.78 is 8.58. The first kappa shape index (κ1) is 8.05. The maximum Gasteiger partial charge on any atom is 0.166 e. The van der Waals surface area contributed by atoms with Gasteiger partial charge < -0.3 is 4.74 Å². The molecule has 0 atom stereocenters. The quantitative estimate of drug-likeness (QED) is 0.719. The zero-order chi connectivity index (χ0) is 9.54. The van der Waals surface area contributed by atoms with E-state index in [1.165, 1.54) is 0 Å². The molecule has 0 fully saturated rings. The van der Waals surface area contributed by atoms with Crippen LogP contribution in [0.1, 0.15) is 0 Å². The van der Waals surface area contributed by atoms with Crippen molar-refractivity contribution in [2.45, 2.75) is 6.73 Å². The molecule has 4 heteroatoms. The topological polar surface area (TPSA) is 27.1 Å². The number of aromatic nitrogens is 2. The van der Waals surface area contributed by atoms with Crippen molar-refractivity contribution in [1.29, 1.82) is 0 Å². The van der Waals surface area contributed by atoms with Crippen LogP contribution in [0.3, 0.4) is 0 Å². The standard InChI is InChI=1S/C10H7BrN2O/c11-7-1-2-9-8(5-7)10-12-3-4-13(10)6-14-9/h1-5H,6H2. The molecular weight excluding hydrogens is 244 g/mol. The number of nitrogens with zero attached hydrogens (tertiary/aromatic N) is 2. The molecule has 3 rings (SSSR count). The van der Waals surface area contributed by atoms with Crippen LogP contribution in [0.15, 0.2) is 35.1 Å². The van der Waals surface area contributed by atoms with Gasteiger partial charge in [0.2, 0.25) is 0 Å². The normalized spacial score (nSPS) is 12.9. The van der Waals surface area contributed by atoms with Crippen LogP contribution in [0.4, 0.5) is 0 Å². The molecular formula is C10H7BrN2O. The van der Waals surface area contributed by atoms with Crippen molar-refractivity contribution in [2.24, 2.45) is 0 Å². The van der Waals surface area contributed by atoms with Crippen LogP contribution in [0.2, 0.25) is 0 Å². The average Bonchev–Trinajstić information content (AvgIpc) is 2.65. The zero-order valence-corrected chi connectivity index (χ0v) is 8.86. The maximum absolute atomic E-state index is 5.57. The Morgan fingerprint density at radius 3 is 3.29 bits per heavy atom.